The highest BCUT2D eigenvalue weighted by molar-refractivity contribution is 5.76. The molecule has 4 atom stereocenters. The molecule has 0 aromatic carbocycles. The van der Waals surface area contributed by atoms with E-state index in [1.165, 1.54) is 0 Å². The number of carbonyl (C=O) groups is 1. The fourth-order valence-corrected chi connectivity index (χ4v) is 1.000. The van der Waals surface area contributed by atoms with Gasteiger partial charge in [0.05, 0.1) is 0 Å². The molecular weight excluding hydrogens is 184 g/mol. The molecule has 76 valence electrons. The lowest BCUT2D eigenvalue weighted by molar-refractivity contribution is -0.307. The van der Waals surface area contributed by atoms with Gasteiger partial charge >= 0.3 is 5.97 Å². The summed E-state index contributed by atoms with van der Waals surface area (Å²) in [6.45, 7) is -1.07. The number of aliphatic hydroxyl groups is 5. The third kappa shape index (κ3) is 1.52. The molecule has 1 rings (SSSR count). The molecule has 0 aromatic rings. The minimum absolute atomic E-state index is 1.07. The normalized spacial score (nSPS) is 45.9. The summed E-state index contributed by atoms with van der Waals surface area (Å²) >= 11 is 0. The highest BCUT2D eigenvalue weighted by Crippen LogP contribution is 2.23. The van der Waals surface area contributed by atoms with Gasteiger partial charge in [0.1, 0.15) is 12.7 Å². The summed E-state index contributed by atoms with van der Waals surface area (Å²) in [5.41, 5.74) is 0. The summed E-state index contributed by atoms with van der Waals surface area (Å²) in [6.07, 6.45) is -5.73. The second-order valence-corrected chi connectivity index (χ2v) is 2.80. The van der Waals surface area contributed by atoms with E-state index in [1.54, 1.807) is 0 Å². The van der Waals surface area contributed by atoms with Crippen LogP contribution in [0.1, 0.15) is 0 Å². The maximum absolute atomic E-state index is 10.7. The van der Waals surface area contributed by atoms with Gasteiger partial charge in [-0.1, -0.05) is 0 Å². The molecular formula is C6H10O7. The van der Waals surface area contributed by atoms with Crippen molar-refractivity contribution in [2.45, 2.75) is 24.1 Å². The Morgan fingerprint density at radius 3 is 2.38 bits per heavy atom. The van der Waals surface area contributed by atoms with Gasteiger partial charge in [-0.25, -0.2) is 4.79 Å². The lowest BCUT2D eigenvalue weighted by Gasteiger charge is -2.39. The average Bonchev–Trinajstić information content (AvgIpc) is 2.12. The summed E-state index contributed by atoms with van der Waals surface area (Å²) in [4.78, 5) is 10.7. The largest absolute Gasteiger partial charge is 0.426 e. The number of hydrogen-bond donors (Lipinski definition) is 5. The van der Waals surface area contributed by atoms with Crippen molar-refractivity contribution in [1.29, 1.82) is 0 Å². The van der Waals surface area contributed by atoms with E-state index in [2.05, 4.69) is 4.74 Å². The van der Waals surface area contributed by atoms with E-state index in [-0.39, 0.29) is 0 Å². The fourth-order valence-electron chi connectivity index (χ4n) is 1.000. The monoisotopic (exact) mass is 194 g/mol. The molecule has 13 heavy (non-hydrogen) atoms. The first kappa shape index (κ1) is 10.4. The van der Waals surface area contributed by atoms with Crippen LogP contribution in [-0.2, 0) is 9.53 Å². The minimum atomic E-state index is -2.55. The number of rotatable bonds is 1. The van der Waals surface area contributed by atoms with Gasteiger partial charge in [0, 0.05) is 0 Å². The Hall–Kier alpha value is -0.730. The molecule has 1 fully saturated rings. The van der Waals surface area contributed by atoms with Crippen LogP contribution in [0, 0.1) is 0 Å². The van der Waals surface area contributed by atoms with Gasteiger partial charge < -0.3 is 30.3 Å². The van der Waals surface area contributed by atoms with E-state index in [4.69, 9.17) is 20.4 Å². The number of carbonyl (C=O) groups excluding carboxylic acids is 1. The number of esters is 1. The Labute approximate surface area is 72.8 Å². The molecule has 0 radical (unpaired) electrons. The molecule has 1 aliphatic rings. The number of hydrogen-bond acceptors (Lipinski definition) is 7. The van der Waals surface area contributed by atoms with Crippen molar-refractivity contribution in [3.63, 3.8) is 0 Å². The molecule has 7 heteroatoms. The van der Waals surface area contributed by atoms with Gasteiger partial charge in [0.25, 0.3) is 5.79 Å². The second-order valence-electron chi connectivity index (χ2n) is 2.80. The summed E-state index contributed by atoms with van der Waals surface area (Å²) in [6, 6.07) is 0. The molecule has 5 N–H and O–H groups in total. The fraction of sp³-hybridized carbons (Fsp3) is 0.833. The third-order valence-electron chi connectivity index (χ3n) is 1.85. The lowest BCUT2D eigenvalue weighted by atomic mass is 9.97. The van der Waals surface area contributed by atoms with Gasteiger partial charge in [0.15, 0.2) is 12.2 Å². The van der Waals surface area contributed by atoms with Crippen LogP contribution in [0.3, 0.4) is 0 Å². The minimum Gasteiger partial charge on any atom is -0.426 e. The van der Waals surface area contributed by atoms with Crippen molar-refractivity contribution < 1.29 is 35.1 Å². The summed E-state index contributed by atoms with van der Waals surface area (Å²) < 4.78 is 4.12. The zero-order chi connectivity index (χ0) is 10.2. The number of ether oxygens (including phenoxy) is 1. The van der Waals surface area contributed by atoms with Crippen molar-refractivity contribution in [2.75, 3.05) is 6.61 Å². The van der Waals surface area contributed by atoms with Crippen LogP contribution in [0.15, 0.2) is 0 Å². The Morgan fingerprint density at radius 1 is 1.38 bits per heavy atom. The first-order valence-electron chi connectivity index (χ1n) is 3.52. The molecule has 0 aromatic heterocycles. The SMILES string of the molecule is O=C1OC(O)(CO)[C@H](O)[C@H](O)[C@@H]1O. The molecule has 1 saturated heterocycles. The Kier molecular flexibility index (Phi) is 2.55. The van der Waals surface area contributed by atoms with Crippen LogP contribution in [0.2, 0.25) is 0 Å². The Morgan fingerprint density at radius 2 is 1.92 bits per heavy atom. The van der Waals surface area contributed by atoms with Gasteiger partial charge in [-0.2, -0.15) is 0 Å². The average molecular weight is 194 g/mol. The topological polar surface area (TPSA) is 127 Å². The predicted octanol–water partition coefficient (Wildman–Crippen LogP) is -3.69. The Balaban J connectivity index is 2.88. The van der Waals surface area contributed by atoms with Gasteiger partial charge in [-0.15, -0.1) is 0 Å². The zero-order valence-electron chi connectivity index (χ0n) is 6.49. The van der Waals surface area contributed by atoms with Crippen molar-refractivity contribution in [3.8, 4) is 0 Å². The van der Waals surface area contributed by atoms with Crippen LogP contribution >= 0.6 is 0 Å². The maximum atomic E-state index is 10.7. The lowest BCUT2D eigenvalue weighted by Crippen LogP contribution is -2.64. The van der Waals surface area contributed by atoms with E-state index in [1.807, 2.05) is 0 Å². The van der Waals surface area contributed by atoms with E-state index in [9.17, 15) is 9.90 Å². The van der Waals surface area contributed by atoms with E-state index < -0.39 is 36.7 Å². The van der Waals surface area contributed by atoms with E-state index in [0.29, 0.717) is 0 Å². The molecule has 0 amide bonds. The molecule has 0 aliphatic carbocycles. The van der Waals surface area contributed by atoms with Crippen LogP contribution < -0.4 is 0 Å². The first-order valence-corrected chi connectivity index (χ1v) is 3.52. The molecule has 0 saturated carbocycles. The van der Waals surface area contributed by atoms with Gasteiger partial charge in [-0.05, 0) is 0 Å². The highest BCUT2D eigenvalue weighted by Gasteiger charge is 2.53. The molecule has 1 aliphatic heterocycles. The molecule has 0 spiro atoms. The van der Waals surface area contributed by atoms with Crippen molar-refractivity contribution >= 4 is 5.97 Å². The summed E-state index contributed by atoms with van der Waals surface area (Å²) in [5.74, 6) is -3.84. The molecule has 1 unspecified atom stereocenters. The Bertz CT molecular complexity index is 217. The predicted molar refractivity (Wildman–Crippen MR) is 36.1 cm³/mol. The maximum Gasteiger partial charge on any atom is 0.340 e. The highest BCUT2D eigenvalue weighted by atomic mass is 16.7. The third-order valence-corrected chi connectivity index (χ3v) is 1.85. The molecule has 1 heterocycles. The number of cyclic esters (lactones) is 1. The van der Waals surface area contributed by atoms with Crippen molar-refractivity contribution in [2.24, 2.45) is 0 Å². The van der Waals surface area contributed by atoms with Crippen molar-refractivity contribution in [3.05, 3.63) is 0 Å². The first-order chi connectivity index (χ1) is 5.92. The molecule has 0 bridgehead atoms. The van der Waals surface area contributed by atoms with E-state index in [0.717, 1.165) is 0 Å². The standard InChI is InChI=1S/C6H10O7/c7-1-6(12)4(10)2(8)3(9)5(11)13-6/h2-4,7-10,12H,1H2/t2-,3+,4-,6?/m1/s1. The van der Waals surface area contributed by atoms with Crippen LogP contribution in [-0.4, -0.2) is 62.2 Å². The van der Waals surface area contributed by atoms with Gasteiger partial charge in [0.2, 0.25) is 0 Å². The van der Waals surface area contributed by atoms with Crippen LogP contribution in [0.25, 0.3) is 0 Å². The second kappa shape index (κ2) is 3.20. The van der Waals surface area contributed by atoms with Crippen LogP contribution in [0.4, 0.5) is 0 Å². The zero-order valence-corrected chi connectivity index (χ0v) is 6.49. The van der Waals surface area contributed by atoms with Crippen molar-refractivity contribution in [1.82, 2.24) is 0 Å². The summed E-state index contributed by atoms with van der Waals surface area (Å²) in [7, 11) is 0. The number of aliphatic hydroxyl groups excluding tert-OH is 4. The van der Waals surface area contributed by atoms with E-state index >= 15 is 0 Å². The van der Waals surface area contributed by atoms with Gasteiger partial charge in [-0.3, -0.25) is 0 Å². The molecule has 7 nitrogen and oxygen atoms in total. The van der Waals surface area contributed by atoms with Crippen LogP contribution in [0.5, 0.6) is 0 Å². The quantitative estimate of drug-likeness (QED) is 0.272. The summed E-state index contributed by atoms with van der Waals surface area (Å²) in [5, 5.41) is 44.7. The smallest absolute Gasteiger partial charge is 0.340 e.